The second kappa shape index (κ2) is 4.29. The zero-order valence-electron chi connectivity index (χ0n) is 8.72. The van der Waals surface area contributed by atoms with Gasteiger partial charge in [-0.3, -0.25) is 4.55 Å². The van der Waals surface area contributed by atoms with Gasteiger partial charge in [0.15, 0.2) is 16.4 Å². The maximum atomic E-state index is 11.0. The van der Waals surface area contributed by atoms with Crippen molar-refractivity contribution in [2.45, 2.75) is 4.90 Å². The van der Waals surface area contributed by atoms with E-state index in [-0.39, 0.29) is 0 Å². The molecule has 1 rings (SSSR count). The van der Waals surface area contributed by atoms with Gasteiger partial charge < -0.3 is 25.5 Å². The number of carboxylic acid groups (broad SMARTS) is 2. The summed E-state index contributed by atoms with van der Waals surface area (Å²) >= 11 is 0. The molecule has 1 aromatic carbocycles. The second-order valence-corrected chi connectivity index (χ2v) is 4.57. The molecule has 11 heteroatoms. The van der Waals surface area contributed by atoms with E-state index in [2.05, 4.69) is 0 Å². The van der Waals surface area contributed by atoms with E-state index in [0.29, 0.717) is 0 Å². The molecule has 0 unspecified atom stereocenters. The average Bonchev–Trinajstić information content (AvgIpc) is 2.22. The highest BCUT2D eigenvalue weighted by atomic mass is 32.2. The lowest BCUT2D eigenvalue weighted by atomic mass is 10.0. The van der Waals surface area contributed by atoms with Crippen molar-refractivity contribution in [3.63, 3.8) is 0 Å². The monoisotopic (exact) mass is 294 g/mol. The molecular weight excluding hydrogens is 288 g/mol. The van der Waals surface area contributed by atoms with Crippen molar-refractivity contribution in [3.05, 3.63) is 11.1 Å². The molecule has 10 nitrogen and oxygen atoms in total. The van der Waals surface area contributed by atoms with Crippen molar-refractivity contribution >= 4 is 22.1 Å². The molecule has 0 radical (unpaired) electrons. The lowest BCUT2D eigenvalue weighted by molar-refractivity contribution is 0.0643. The normalized spacial score (nSPS) is 11.2. The summed E-state index contributed by atoms with van der Waals surface area (Å²) in [6.45, 7) is 0. The van der Waals surface area contributed by atoms with Crippen LogP contribution in [-0.4, -0.2) is 50.4 Å². The Bertz CT molecular complexity index is 686. The summed E-state index contributed by atoms with van der Waals surface area (Å²) in [5, 5.41) is 45.1. The number of hydrogen-bond donors (Lipinski definition) is 6. The topological polar surface area (TPSA) is 190 Å². The van der Waals surface area contributed by atoms with Gasteiger partial charge in [-0.1, -0.05) is 0 Å². The van der Waals surface area contributed by atoms with E-state index < -0.39 is 55.3 Å². The Kier molecular flexibility index (Phi) is 3.28. The Balaban J connectivity index is 4.14. The minimum atomic E-state index is -5.37. The van der Waals surface area contributed by atoms with E-state index in [1.807, 2.05) is 0 Å². The first kappa shape index (κ1) is 14.5. The number of phenolic OH excluding ortho intramolecular Hbond substituents is 2. The Morgan fingerprint density at radius 3 is 1.53 bits per heavy atom. The van der Waals surface area contributed by atoms with Crippen LogP contribution in [0.15, 0.2) is 4.90 Å². The van der Waals surface area contributed by atoms with Gasteiger partial charge in [0.25, 0.3) is 10.1 Å². The molecule has 104 valence electrons. The van der Waals surface area contributed by atoms with E-state index in [4.69, 9.17) is 19.9 Å². The van der Waals surface area contributed by atoms with E-state index in [1.165, 1.54) is 0 Å². The quantitative estimate of drug-likeness (QED) is 0.311. The zero-order chi connectivity index (χ0) is 15.1. The van der Waals surface area contributed by atoms with Crippen LogP contribution in [0.25, 0.3) is 0 Å². The largest absolute Gasteiger partial charge is 0.504 e. The van der Waals surface area contributed by atoms with Crippen molar-refractivity contribution in [1.29, 1.82) is 0 Å². The zero-order valence-corrected chi connectivity index (χ0v) is 9.54. The van der Waals surface area contributed by atoms with Gasteiger partial charge in [0.1, 0.15) is 11.1 Å². The summed E-state index contributed by atoms with van der Waals surface area (Å²) in [4.78, 5) is 19.9. The number of carboxylic acids is 2. The van der Waals surface area contributed by atoms with E-state index >= 15 is 0 Å². The van der Waals surface area contributed by atoms with Crippen molar-refractivity contribution < 1.29 is 48.1 Å². The van der Waals surface area contributed by atoms with E-state index in [0.717, 1.165) is 0 Å². The third-order valence-corrected chi connectivity index (χ3v) is 2.98. The van der Waals surface area contributed by atoms with Crippen LogP contribution in [0.2, 0.25) is 0 Å². The fraction of sp³-hybridized carbons (Fsp3) is 0. The fourth-order valence-electron chi connectivity index (χ4n) is 1.35. The van der Waals surface area contributed by atoms with Gasteiger partial charge in [0, 0.05) is 0 Å². The maximum Gasteiger partial charge on any atom is 0.340 e. The second-order valence-electron chi connectivity index (χ2n) is 3.21. The molecule has 6 N–H and O–H groups in total. The third-order valence-electron chi connectivity index (χ3n) is 2.06. The Labute approximate surface area is 104 Å². The van der Waals surface area contributed by atoms with Gasteiger partial charge >= 0.3 is 11.9 Å². The number of aromatic carboxylic acids is 2. The van der Waals surface area contributed by atoms with Crippen LogP contribution in [0.4, 0.5) is 0 Å². The number of carbonyl (C=O) groups is 2. The van der Waals surface area contributed by atoms with Gasteiger partial charge in [0.2, 0.25) is 5.75 Å². The minimum absolute atomic E-state index is 1.49. The highest BCUT2D eigenvalue weighted by Gasteiger charge is 2.36. The highest BCUT2D eigenvalue weighted by molar-refractivity contribution is 7.86. The number of rotatable bonds is 3. The van der Waals surface area contributed by atoms with Crippen LogP contribution in [0.3, 0.4) is 0 Å². The standard InChI is InChI=1S/C8H6O10S/c9-3-1(7(12)13)2(8(14)15)6(19(16,17)18)5(11)4(3)10/h9-11H,(H,12,13)(H,14,15)(H,16,17,18). The first-order chi connectivity index (χ1) is 8.50. The van der Waals surface area contributed by atoms with Crippen LogP contribution in [0, 0.1) is 0 Å². The van der Waals surface area contributed by atoms with E-state index in [9.17, 15) is 28.2 Å². The van der Waals surface area contributed by atoms with Crippen molar-refractivity contribution in [2.24, 2.45) is 0 Å². The molecule has 0 amide bonds. The van der Waals surface area contributed by atoms with Crippen molar-refractivity contribution in [3.8, 4) is 17.2 Å². The molecule has 0 aromatic heterocycles. The molecule has 1 aromatic rings. The molecule has 0 atom stereocenters. The molecule has 0 aliphatic heterocycles. The average molecular weight is 294 g/mol. The molecule has 0 saturated heterocycles. The minimum Gasteiger partial charge on any atom is -0.504 e. The van der Waals surface area contributed by atoms with E-state index in [1.54, 1.807) is 0 Å². The Hall–Kier alpha value is -2.53. The Morgan fingerprint density at radius 1 is 0.789 bits per heavy atom. The highest BCUT2D eigenvalue weighted by Crippen LogP contribution is 2.45. The summed E-state index contributed by atoms with van der Waals surface area (Å²) in [6.07, 6.45) is 0. The number of benzene rings is 1. The molecule has 0 aliphatic rings. The summed E-state index contributed by atoms with van der Waals surface area (Å²) in [5.74, 6) is -9.06. The van der Waals surface area contributed by atoms with Crippen LogP contribution in [0.1, 0.15) is 20.7 Å². The third kappa shape index (κ3) is 2.23. The summed E-state index contributed by atoms with van der Waals surface area (Å²) in [7, 11) is -5.37. The first-order valence-electron chi connectivity index (χ1n) is 4.25. The molecular formula is C8H6O10S. The molecule has 0 fully saturated rings. The van der Waals surface area contributed by atoms with Crippen LogP contribution in [-0.2, 0) is 10.1 Å². The van der Waals surface area contributed by atoms with Gasteiger partial charge in [-0.15, -0.1) is 0 Å². The summed E-state index contributed by atoms with van der Waals surface area (Å²) in [6, 6.07) is 0. The number of aromatic hydroxyl groups is 3. The number of phenols is 3. The van der Waals surface area contributed by atoms with Gasteiger partial charge in [0.05, 0.1) is 0 Å². The Morgan fingerprint density at radius 2 is 1.21 bits per heavy atom. The SMILES string of the molecule is O=C(O)c1c(O)c(O)c(O)c(S(=O)(=O)O)c1C(=O)O. The molecule has 0 saturated carbocycles. The van der Waals surface area contributed by atoms with Crippen LogP contribution in [0.5, 0.6) is 17.2 Å². The van der Waals surface area contributed by atoms with Gasteiger partial charge in [-0.2, -0.15) is 8.42 Å². The lowest BCUT2D eigenvalue weighted by Crippen LogP contribution is -2.15. The predicted molar refractivity (Wildman–Crippen MR) is 55.2 cm³/mol. The fourth-order valence-corrected chi connectivity index (χ4v) is 2.14. The molecule has 0 bridgehead atoms. The van der Waals surface area contributed by atoms with Crippen LogP contribution >= 0.6 is 0 Å². The van der Waals surface area contributed by atoms with Gasteiger partial charge in [-0.25, -0.2) is 9.59 Å². The molecule has 19 heavy (non-hydrogen) atoms. The summed E-state index contributed by atoms with van der Waals surface area (Å²) < 4.78 is 30.7. The lowest BCUT2D eigenvalue weighted by Gasteiger charge is -2.12. The first-order valence-corrected chi connectivity index (χ1v) is 5.69. The molecule has 0 spiro atoms. The van der Waals surface area contributed by atoms with Crippen molar-refractivity contribution in [1.82, 2.24) is 0 Å². The number of hydrogen-bond acceptors (Lipinski definition) is 7. The van der Waals surface area contributed by atoms with Crippen molar-refractivity contribution in [2.75, 3.05) is 0 Å². The smallest absolute Gasteiger partial charge is 0.340 e. The maximum absolute atomic E-state index is 11.0. The van der Waals surface area contributed by atoms with Crippen LogP contribution < -0.4 is 0 Å². The predicted octanol–water partition coefficient (Wildman–Crippen LogP) is -0.553. The molecule has 0 aliphatic carbocycles. The molecule has 0 heterocycles. The summed E-state index contributed by atoms with van der Waals surface area (Å²) in [5.41, 5.74) is -3.07. The van der Waals surface area contributed by atoms with Gasteiger partial charge in [-0.05, 0) is 0 Å².